The number of carbonyl (C=O) groups is 3. The summed E-state index contributed by atoms with van der Waals surface area (Å²) in [5, 5.41) is 19.6. The zero-order valence-corrected chi connectivity index (χ0v) is 24.1. The maximum absolute atomic E-state index is 13.6. The quantitative estimate of drug-likeness (QED) is 0.126. The average Bonchev–Trinajstić information content (AvgIpc) is 3.01. The number of urea groups is 1. The van der Waals surface area contributed by atoms with Gasteiger partial charge in [-0.25, -0.2) is 23.9 Å². The van der Waals surface area contributed by atoms with E-state index >= 15 is 0 Å². The van der Waals surface area contributed by atoms with Crippen LogP contribution < -0.4 is 30.7 Å². The minimum atomic E-state index is -1.15. The number of ether oxygens (including phenoxy) is 3. The highest BCUT2D eigenvalue weighted by molar-refractivity contribution is 6.31. The van der Waals surface area contributed by atoms with Crippen LogP contribution in [-0.4, -0.2) is 60.0 Å². The van der Waals surface area contributed by atoms with E-state index < -0.39 is 30.5 Å². The maximum atomic E-state index is 13.6. The number of hydrogen-bond donors (Lipinski definition) is 5. The Labute approximate surface area is 255 Å². The van der Waals surface area contributed by atoms with E-state index in [9.17, 15) is 18.8 Å². The van der Waals surface area contributed by atoms with E-state index in [1.54, 1.807) is 36.4 Å². The van der Waals surface area contributed by atoms with Gasteiger partial charge in [0.2, 0.25) is 0 Å². The third kappa shape index (κ3) is 9.06. The van der Waals surface area contributed by atoms with Crippen molar-refractivity contribution in [1.82, 2.24) is 20.6 Å². The fraction of sp³-hybridized carbons (Fsp3) is 0.207. The van der Waals surface area contributed by atoms with E-state index in [2.05, 4.69) is 31.2 Å². The molecule has 44 heavy (non-hydrogen) atoms. The van der Waals surface area contributed by atoms with Crippen molar-refractivity contribution in [1.29, 1.82) is 0 Å². The lowest BCUT2D eigenvalue weighted by Gasteiger charge is -2.14. The summed E-state index contributed by atoms with van der Waals surface area (Å²) >= 11 is 5.90. The molecule has 1 aromatic heterocycles. The standard InChI is InChI=1S/C29H28ClFN6O7/c1-42-24-13-23-20(27(35-16-34-23)36-19-7-8-22(31)21(30)11-19)12-25(24)43-10-2-9-32-29(41)44-15-17-3-5-18(6-4-17)37-28(40)33-14-26(38)39/h3-8,11-13,16H,2,9-10,14-15H2,1H3,(H,32,41)(H,38,39)(H2,33,37,40)(H,34,35,36). The van der Waals surface area contributed by atoms with Crippen molar-refractivity contribution >= 4 is 57.8 Å². The maximum Gasteiger partial charge on any atom is 0.407 e. The number of hydrogen-bond acceptors (Lipinski definition) is 9. The van der Waals surface area contributed by atoms with Crippen LogP contribution in [0.5, 0.6) is 11.5 Å². The largest absolute Gasteiger partial charge is 0.493 e. The molecule has 0 bridgehead atoms. The molecule has 15 heteroatoms. The van der Waals surface area contributed by atoms with Gasteiger partial charge in [-0.2, -0.15) is 0 Å². The van der Waals surface area contributed by atoms with Gasteiger partial charge in [0.05, 0.1) is 24.3 Å². The molecule has 0 aliphatic heterocycles. The molecule has 3 aromatic carbocycles. The SMILES string of the molecule is COc1cc2ncnc(Nc3ccc(F)c(Cl)c3)c2cc1OCCCNC(=O)OCc1ccc(NC(=O)NCC(=O)O)cc1. The molecule has 3 amide bonds. The Morgan fingerprint density at radius 2 is 1.75 bits per heavy atom. The number of aromatic nitrogens is 2. The molecule has 0 saturated carbocycles. The number of nitrogens with zero attached hydrogens (tertiary/aromatic N) is 2. The minimum absolute atomic E-state index is 0.00464. The summed E-state index contributed by atoms with van der Waals surface area (Å²) in [4.78, 5) is 42.8. The number of carboxylic acids is 1. The van der Waals surface area contributed by atoms with Crippen LogP contribution in [0.1, 0.15) is 12.0 Å². The first kappa shape index (κ1) is 31.6. The predicted octanol–water partition coefficient (Wildman–Crippen LogP) is 5.08. The summed E-state index contributed by atoms with van der Waals surface area (Å²) in [5.74, 6) is -0.325. The van der Waals surface area contributed by atoms with Crippen LogP contribution >= 0.6 is 11.6 Å². The number of alkyl carbamates (subject to hydrolysis) is 1. The van der Waals surface area contributed by atoms with Crippen molar-refractivity contribution in [3.63, 3.8) is 0 Å². The van der Waals surface area contributed by atoms with Crippen molar-refractivity contribution in [2.45, 2.75) is 13.0 Å². The number of carboxylic acid groups (broad SMARTS) is 1. The molecule has 0 fully saturated rings. The van der Waals surface area contributed by atoms with Crippen molar-refractivity contribution in [3.8, 4) is 11.5 Å². The van der Waals surface area contributed by atoms with Crippen LogP contribution in [0.15, 0.2) is 60.9 Å². The number of carbonyl (C=O) groups excluding carboxylic acids is 2. The molecule has 0 spiro atoms. The van der Waals surface area contributed by atoms with Gasteiger partial charge in [0.1, 0.15) is 31.1 Å². The molecular weight excluding hydrogens is 599 g/mol. The monoisotopic (exact) mass is 626 g/mol. The number of halogens is 2. The number of methoxy groups -OCH3 is 1. The van der Waals surface area contributed by atoms with E-state index in [0.29, 0.717) is 51.6 Å². The molecular formula is C29H28ClFN6O7. The number of anilines is 3. The second-order valence-electron chi connectivity index (χ2n) is 9.10. The third-order valence-corrected chi connectivity index (χ3v) is 6.22. The molecule has 4 rings (SSSR count). The van der Waals surface area contributed by atoms with E-state index in [0.717, 1.165) is 0 Å². The van der Waals surface area contributed by atoms with Crippen LogP contribution in [0.25, 0.3) is 10.9 Å². The normalized spacial score (nSPS) is 10.5. The summed E-state index contributed by atoms with van der Waals surface area (Å²) in [6, 6.07) is 13.5. The fourth-order valence-corrected chi connectivity index (χ4v) is 3.99. The highest BCUT2D eigenvalue weighted by Crippen LogP contribution is 2.35. The van der Waals surface area contributed by atoms with Crippen LogP contribution in [0.3, 0.4) is 0 Å². The number of nitrogens with one attached hydrogen (secondary N) is 4. The molecule has 5 N–H and O–H groups in total. The molecule has 0 unspecified atom stereocenters. The smallest absolute Gasteiger partial charge is 0.407 e. The Morgan fingerprint density at radius 1 is 0.977 bits per heavy atom. The first-order valence-electron chi connectivity index (χ1n) is 13.2. The van der Waals surface area contributed by atoms with Crippen LogP contribution in [-0.2, 0) is 16.1 Å². The Morgan fingerprint density at radius 3 is 2.48 bits per heavy atom. The van der Waals surface area contributed by atoms with Crippen LogP contribution in [0.2, 0.25) is 5.02 Å². The summed E-state index contributed by atoms with van der Waals surface area (Å²) in [6.07, 6.45) is 1.24. The van der Waals surface area contributed by atoms with Gasteiger partial charge in [0.25, 0.3) is 0 Å². The summed E-state index contributed by atoms with van der Waals surface area (Å²) in [5.41, 5.74) is 2.27. The van der Waals surface area contributed by atoms with Gasteiger partial charge in [-0.15, -0.1) is 0 Å². The molecule has 0 aliphatic carbocycles. The lowest BCUT2D eigenvalue weighted by atomic mass is 10.2. The minimum Gasteiger partial charge on any atom is -0.493 e. The number of rotatable bonds is 13. The van der Waals surface area contributed by atoms with E-state index in [-0.39, 0.29) is 24.8 Å². The Kier molecular flexibility index (Phi) is 10.9. The third-order valence-electron chi connectivity index (χ3n) is 5.93. The van der Waals surface area contributed by atoms with Crippen molar-refractivity contribution < 1.29 is 38.1 Å². The number of aliphatic carboxylic acids is 1. The molecule has 0 saturated heterocycles. The van der Waals surface area contributed by atoms with Crippen molar-refractivity contribution in [2.75, 3.05) is 37.4 Å². The van der Waals surface area contributed by atoms with Gasteiger partial charge < -0.3 is 40.6 Å². The highest BCUT2D eigenvalue weighted by Gasteiger charge is 2.13. The number of fused-ring (bicyclic) bond motifs is 1. The van der Waals surface area contributed by atoms with E-state index in [1.807, 2.05) is 0 Å². The second-order valence-corrected chi connectivity index (χ2v) is 9.51. The topological polar surface area (TPSA) is 173 Å². The summed E-state index contributed by atoms with van der Waals surface area (Å²) in [7, 11) is 1.51. The van der Waals surface area contributed by atoms with E-state index in [4.69, 9.17) is 30.9 Å². The molecule has 0 atom stereocenters. The lowest BCUT2D eigenvalue weighted by molar-refractivity contribution is -0.135. The zero-order chi connectivity index (χ0) is 31.5. The summed E-state index contributed by atoms with van der Waals surface area (Å²) < 4.78 is 30.1. The first-order chi connectivity index (χ1) is 21.2. The fourth-order valence-electron chi connectivity index (χ4n) is 3.81. The Bertz CT molecular complexity index is 1640. The van der Waals surface area contributed by atoms with Gasteiger partial charge in [-0.1, -0.05) is 23.7 Å². The highest BCUT2D eigenvalue weighted by atomic mass is 35.5. The van der Waals surface area contributed by atoms with Gasteiger partial charge in [-0.3, -0.25) is 4.79 Å². The van der Waals surface area contributed by atoms with Gasteiger partial charge in [0, 0.05) is 29.4 Å². The Balaban J connectivity index is 1.24. The van der Waals surface area contributed by atoms with Gasteiger partial charge in [-0.05, 0) is 48.4 Å². The molecule has 0 aliphatic rings. The van der Waals surface area contributed by atoms with Crippen molar-refractivity contribution in [3.05, 3.63) is 77.3 Å². The molecule has 0 radical (unpaired) electrons. The molecule has 13 nitrogen and oxygen atoms in total. The molecule has 230 valence electrons. The van der Waals surface area contributed by atoms with E-state index in [1.165, 1.54) is 31.6 Å². The second kappa shape index (κ2) is 15.2. The number of benzene rings is 3. The average molecular weight is 627 g/mol. The van der Waals surface area contributed by atoms with Crippen molar-refractivity contribution in [2.24, 2.45) is 0 Å². The van der Waals surface area contributed by atoms with Crippen LogP contribution in [0.4, 0.5) is 31.2 Å². The molecule has 4 aromatic rings. The summed E-state index contributed by atoms with van der Waals surface area (Å²) in [6.45, 7) is 0.0383. The Hall–Kier alpha value is -5.37. The first-order valence-corrected chi connectivity index (χ1v) is 13.5. The number of amides is 3. The lowest BCUT2D eigenvalue weighted by Crippen LogP contribution is -2.33. The molecule has 1 heterocycles. The zero-order valence-electron chi connectivity index (χ0n) is 23.4. The predicted molar refractivity (Wildman–Crippen MR) is 160 cm³/mol. The van der Waals surface area contributed by atoms with Gasteiger partial charge >= 0.3 is 18.1 Å². The van der Waals surface area contributed by atoms with Crippen LogP contribution in [0, 0.1) is 5.82 Å². The van der Waals surface area contributed by atoms with Gasteiger partial charge in [0.15, 0.2) is 11.5 Å².